The van der Waals surface area contributed by atoms with Crippen molar-refractivity contribution in [2.75, 3.05) is 6.54 Å². The van der Waals surface area contributed by atoms with Gasteiger partial charge >= 0.3 is 0 Å². The quantitative estimate of drug-likeness (QED) is 0.516. The first-order chi connectivity index (χ1) is 9.70. The minimum absolute atomic E-state index is 0.525. The van der Waals surface area contributed by atoms with Gasteiger partial charge in [-0.15, -0.1) is 0 Å². The van der Waals surface area contributed by atoms with E-state index in [-0.39, 0.29) is 0 Å². The van der Waals surface area contributed by atoms with Crippen LogP contribution in [-0.4, -0.2) is 22.4 Å². The highest BCUT2D eigenvalue weighted by atomic mass is 32.1. The number of hydrogen-bond acceptors (Lipinski definition) is 2. The van der Waals surface area contributed by atoms with Crippen molar-refractivity contribution in [3.8, 4) is 5.69 Å². The van der Waals surface area contributed by atoms with Crippen molar-refractivity contribution in [1.82, 2.24) is 15.3 Å². The van der Waals surface area contributed by atoms with Crippen LogP contribution in [0.2, 0.25) is 0 Å². The Morgan fingerprint density at radius 3 is 2.75 bits per heavy atom. The first-order valence-electron chi connectivity index (χ1n) is 6.52. The van der Waals surface area contributed by atoms with E-state index in [0.29, 0.717) is 5.11 Å². The molecule has 4 nitrogen and oxygen atoms in total. The van der Waals surface area contributed by atoms with Crippen LogP contribution in [-0.2, 0) is 0 Å². The molecule has 5 heteroatoms. The lowest BCUT2D eigenvalue weighted by Crippen LogP contribution is -2.31. The van der Waals surface area contributed by atoms with Gasteiger partial charge < -0.3 is 9.88 Å². The van der Waals surface area contributed by atoms with Crippen molar-refractivity contribution < 1.29 is 0 Å². The van der Waals surface area contributed by atoms with Crippen molar-refractivity contribution in [3.05, 3.63) is 53.9 Å². The molecule has 0 spiro atoms. The number of nitrogens with one attached hydrogen (secondary N) is 2. The molecule has 0 fully saturated rings. The number of thiocarbonyl (C=S) groups is 1. The van der Waals surface area contributed by atoms with Gasteiger partial charge in [-0.3, -0.25) is 5.43 Å². The average Bonchev–Trinajstić information content (AvgIpc) is 2.88. The van der Waals surface area contributed by atoms with Crippen molar-refractivity contribution in [2.45, 2.75) is 13.8 Å². The Labute approximate surface area is 124 Å². The van der Waals surface area contributed by atoms with E-state index in [2.05, 4.69) is 51.6 Å². The summed E-state index contributed by atoms with van der Waals surface area (Å²) in [6.07, 6.45) is 3.76. The van der Waals surface area contributed by atoms with Crippen LogP contribution in [0.15, 0.2) is 47.7 Å². The third-order valence-electron chi connectivity index (χ3n) is 2.79. The van der Waals surface area contributed by atoms with E-state index in [9.17, 15) is 0 Å². The lowest BCUT2D eigenvalue weighted by atomic mass is 10.2. The van der Waals surface area contributed by atoms with E-state index < -0.39 is 0 Å². The van der Waals surface area contributed by atoms with Crippen molar-refractivity contribution in [1.29, 1.82) is 0 Å². The number of hydrazone groups is 1. The minimum atomic E-state index is 0.525. The van der Waals surface area contributed by atoms with E-state index in [1.165, 1.54) is 5.56 Å². The molecule has 2 rings (SSSR count). The molecule has 0 aliphatic rings. The molecular formula is C15H18N4S. The lowest BCUT2D eigenvalue weighted by Gasteiger charge is -2.07. The average molecular weight is 286 g/mol. The van der Waals surface area contributed by atoms with Crippen LogP contribution in [0.25, 0.3) is 5.69 Å². The number of hydrogen-bond donors (Lipinski definition) is 2. The Kier molecular flexibility index (Phi) is 4.90. The summed E-state index contributed by atoms with van der Waals surface area (Å²) in [5.74, 6) is 0. The maximum Gasteiger partial charge on any atom is 0.186 e. The fourth-order valence-electron chi connectivity index (χ4n) is 1.80. The third kappa shape index (κ3) is 3.68. The predicted molar refractivity (Wildman–Crippen MR) is 87.5 cm³/mol. The fourth-order valence-corrected chi connectivity index (χ4v) is 1.99. The standard InChI is InChI=1S/C15H18N4S/c1-3-16-15(20)18-17-11-14-5-4-10-19(14)13-8-6-12(2)7-9-13/h4-11H,3H2,1-2H3,(H2,16,18,20)/b17-11-. The molecule has 0 aliphatic heterocycles. The zero-order valence-corrected chi connectivity index (χ0v) is 12.4. The molecule has 20 heavy (non-hydrogen) atoms. The highest BCUT2D eigenvalue weighted by Crippen LogP contribution is 2.12. The summed E-state index contributed by atoms with van der Waals surface area (Å²) in [5, 5.41) is 7.64. The minimum Gasteiger partial charge on any atom is -0.362 e. The number of nitrogens with zero attached hydrogens (tertiary/aromatic N) is 2. The van der Waals surface area contributed by atoms with Gasteiger partial charge in [0.1, 0.15) is 0 Å². The second-order valence-electron chi connectivity index (χ2n) is 4.37. The Hall–Kier alpha value is -2.14. The molecule has 0 saturated carbocycles. The smallest absolute Gasteiger partial charge is 0.186 e. The van der Waals surface area contributed by atoms with Gasteiger partial charge in [-0.25, -0.2) is 0 Å². The monoisotopic (exact) mass is 286 g/mol. The summed E-state index contributed by atoms with van der Waals surface area (Å²) >= 11 is 5.05. The molecule has 1 aromatic carbocycles. The number of rotatable bonds is 4. The molecule has 0 aliphatic carbocycles. The molecular weight excluding hydrogens is 268 g/mol. The second-order valence-corrected chi connectivity index (χ2v) is 4.78. The van der Waals surface area contributed by atoms with Crippen LogP contribution in [0.1, 0.15) is 18.2 Å². The molecule has 0 amide bonds. The topological polar surface area (TPSA) is 41.4 Å². The van der Waals surface area contributed by atoms with Crippen LogP contribution in [0.5, 0.6) is 0 Å². The largest absolute Gasteiger partial charge is 0.362 e. The maximum atomic E-state index is 5.05. The number of aryl methyl sites for hydroxylation is 1. The molecule has 104 valence electrons. The van der Waals surface area contributed by atoms with E-state index in [1.54, 1.807) is 6.21 Å². The van der Waals surface area contributed by atoms with Crippen molar-refractivity contribution >= 4 is 23.5 Å². The molecule has 0 saturated heterocycles. The molecule has 0 bridgehead atoms. The fraction of sp³-hybridized carbons (Fsp3) is 0.200. The Bertz CT molecular complexity index is 599. The summed E-state index contributed by atoms with van der Waals surface area (Å²) in [5.41, 5.74) is 6.12. The van der Waals surface area contributed by atoms with Crippen LogP contribution >= 0.6 is 12.2 Å². The van der Waals surface area contributed by atoms with Crippen LogP contribution in [0.3, 0.4) is 0 Å². The predicted octanol–water partition coefficient (Wildman–Crippen LogP) is 2.60. The summed E-state index contributed by atoms with van der Waals surface area (Å²) in [7, 11) is 0. The summed E-state index contributed by atoms with van der Waals surface area (Å²) in [6.45, 7) is 4.84. The zero-order chi connectivity index (χ0) is 14.4. The van der Waals surface area contributed by atoms with Gasteiger partial charge in [-0.2, -0.15) is 5.10 Å². The second kappa shape index (κ2) is 6.86. The van der Waals surface area contributed by atoms with Gasteiger partial charge in [0.15, 0.2) is 5.11 Å². The zero-order valence-electron chi connectivity index (χ0n) is 11.6. The van der Waals surface area contributed by atoms with E-state index in [4.69, 9.17) is 12.2 Å². The SMILES string of the molecule is CCNC(=S)N/N=C\c1cccn1-c1ccc(C)cc1. The van der Waals surface area contributed by atoms with Gasteiger partial charge in [0.05, 0.1) is 11.9 Å². The lowest BCUT2D eigenvalue weighted by molar-refractivity contribution is 0.902. The highest BCUT2D eigenvalue weighted by Gasteiger charge is 2.00. The molecule has 2 N–H and O–H groups in total. The van der Waals surface area contributed by atoms with Gasteiger partial charge in [0.2, 0.25) is 0 Å². The van der Waals surface area contributed by atoms with E-state index in [1.807, 2.05) is 25.3 Å². The van der Waals surface area contributed by atoms with Gasteiger partial charge in [-0.05, 0) is 50.3 Å². The van der Waals surface area contributed by atoms with Gasteiger partial charge in [0, 0.05) is 18.4 Å². The van der Waals surface area contributed by atoms with Crippen LogP contribution < -0.4 is 10.7 Å². The molecule has 2 aromatic rings. The molecule has 1 aromatic heterocycles. The van der Waals surface area contributed by atoms with Gasteiger partial charge in [0.25, 0.3) is 0 Å². The Morgan fingerprint density at radius 1 is 1.30 bits per heavy atom. The Balaban J connectivity index is 2.11. The van der Waals surface area contributed by atoms with E-state index in [0.717, 1.165) is 17.9 Å². The maximum absolute atomic E-state index is 5.05. The summed E-state index contributed by atoms with van der Waals surface area (Å²) in [4.78, 5) is 0. The van der Waals surface area contributed by atoms with Crippen molar-refractivity contribution in [2.24, 2.45) is 5.10 Å². The molecule has 0 unspecified atom stereocenters. The Morgan fingerprint density at radius 2 is 2.05 bits per heavy atom. The summed E-state index contributed by atoms with van der Waals surface area (Å²) < 4.78 is 2.07. The first kappa shape index (κ1) is 14.3. The third-order valence-corrected chi connectivity index (χ3v) is 3.03. The molecule has 1 heterocycles. The number of aromatic nitrogens is 1. The summed E-state index contributed by atoms with van der Waals surface area (Å²) in [6, 6.07) is 12.3. The molecule has 0 radical (unpaired) electrons. The molecule has 0 atom stereocenters. The van der Waals surface area contributed by atoms with Gasteiger partial charge in [-0.1, -0.05) is 17.7 Å². The van der Waals surface area contributed by atoms with E-state index >= 15 is 0 Å². The first-order valence-corrected chi connectivity index (χ1v) is 6.93. The van der Waals surface area contributed by atoms with Crippen molar-refractivity contribution in [3.63, 3.8) is 0 Å². The number of benzene rings is 1. The van der Waals surface area contributed by atoms with Crippen LogP contribution in [0.4, 0.5) is 0 Å². The normalized spacial score (nSPS) is 10.7. The highest BCUT2D eigenvalue weighted by molar-refractivity contribution is 7.80. The van der Waals surface area contributed by atoms with Crippen LogP contribution in [0, 0.1) is 6.92 Å².